The quantitative estimate of drug-likeness (QED) is 0.522. The monoisotopic (exact) mass is 160 g/mol. The van der Waals surface area contributed by atoms with Gasteiger partial charge < -0.3 is 0 Å². The first-order chi connectivity index (χ1) is 5.88. The Labute approximate surface area is 71.5 Å². The summed E-state index contributed by atoms with van der Waals surface area (Å²) >= 11 is 0. The molecule has 6 bridgehead atoms. The molecule has 6 fully saturated rings. The zero-order valence-electron chi connectivity index (χ0n) is 6.94. The van der Waals surface area contributed by atoms with Crippen molar-refractivity contribution in [1.82, 2.24) is 0 Å². The number of carbonyl (C=O) groups is 1. The third kappa shape index (κ3) is 0.272. The number of hydrogen-bond acceptors (Lipinski definition) is 1. The summed E-state index contributed by atoms with van der Waals surface area (Å²) in [6.45, 7) is 0. The molecule has 0 unspecified atom stereocenters. The van der Waals surface area contributed by atoms with Gasteiger partial charge in [-0.3, -0.25) is 4.79 Å². The van der Waals surface area contributed by atoms with Gasteiger partial charge in [-0.25, -0.2) is 0 Å². The van der Waals surface area contributed by atoms with E-state index in [-0.39, 0.29) is 0 Å². The second-order valence-electron chi connectivity index (χ2n) is 5.74. The molecule has 1 heteroatoms. The summed E-state index contributed by atoms with van der Waals surface area (Å²) < 4.78 is 0. The van der Waals surface area contributed by atoms with Gasteiger partial charge in [-0.15, -0.1) is 0 Å². The molecule has 0 spiro atoms. The number of rotatable bonds is 0. The van der Waals surface area contributed by atoms with Gasteiger partial charge in [-0.1, -0.05) is 0 Å². The minimum Gasteiger partial charge on any atom is -0.299 e. The van der Waals surface area contributed by atoms with Crippen LogP contribution in [0.15, 0.2) is 0 Å². The summed E-state index contributed by atoms with van der Waals surface area (Å²) in [5, 5.41) is 0. The molecule has 0 radical (unpaired) electrons. The van der Waals surface area contributed by atoms with Crippen LogP contribution in [0.2, 0.25) is 0 Å². The predicted octanol–water partition coefficient (Wildman–Crippen LogP) is 1.33. The predicted molar refractivity (Wildman–Crippen MR) is 42.2 cm³/mol. The van der Waals surface area contributed by atoms with Crippen LogP contribution in [0.3, 0.4) is 0 Å². The van der Waals surface area contributed by atoms with Crippen molar-refractivity contribution in [2.75, 3.05) is 0 Å². The first-order valence-electron chi connectivity index (χ1n) is 5.41. The third-order valence-corrected chi connectivity index (χ3v) is 6.03. The second kappa shape index (κ2) is 1.21. The molecule has 62 valence electrons. The van der Waals surface area contributed by atoms with E-state index in [0.717, 1.165) is 35.5 Å². The van der Waals surface area contributed by atoms with Crippen molar-refractivity contribution in [2.45, 2.75) is 12.8 Å². The summed E-state index contributed by atoms with van der Waals surface area (Å²) in [6, 6.07) is 0. The molecule has 6 aliphatic carbocycles. The second-order valence-corrected chi connectivity index (χ2v) is 5.74. The Bertz CT molecular complexity index is 291. The molecule has 6 rings (SSSR count). The summed E-state index contributed by atoms with van der Waals surface area (Å²) in [7, 11) is 0. The SMILES string of the molecule is O=C1[C@@H]2[C@@H]3C[C@@H]4[C@@H]5C[C@H]([C@H]1[C@H]53)[C@@H]42. The van der Waals surface area contributed by atoms with E-state index in [2.05, 4.69) is 0 Å². The van der Waals surface area contributed by atoms with E-state index in [0.29, 0.717) is 17.6 Å². The lowest BCUT2D eigenvalue weighted by Gasteiger charge is -2.32. The lowest BCUT2D eigenvalue weighted by molar-refractivity contribution is -0.122. The maximum Gasteiger partial charge on any atom is 0.140 e. The van der Waals surface area contributed by atoms with E-state index in [4.69, 9.17) is 0 Å². The van der Waals surface area contributed by atoms with E-state index >= 15 is 0 Å². The molecule has 8 atom stereocenters. The van der Waals surface area contributed by atoms with Crippen LogP contribution >= 0.6 is 0 Å². The van der Waals surface area contributed by atoms with Gasteiger partial charge in [0.25, 0.3) is 0 Å². The van der Waals surface area contributed by atoms with Gasteiger partial charge in [0.05, 0.1) is 0 Å². The summed E-state index contributed by atoms with van der Waals surface area (Å²) in [5.74, 6) is 7.54. The fourth-order valence-electron chi connectivity index (χ4n) is 6.24. The highest BCUT2D eigenvalue weighted by molar-refractivity contribution is 5.91. The highest BCUT2D eigenvalue weighted by Crippen LogP contribution is 2.81. The minimum atomic E-state index is 0.591. The molecule has 0 aromatic heterocycles. The molecule has 0 aromatic carbocycles. The Kier molecular flexibility index (Phi) is 0.547. The Morgan fingerprint density at radius 1 is 0.833 bits per heavy atom. The molecule has 1 nitrogen and oxygen atoms in total. The van der Waals surface area contributed by atoms with Gasteiger partial charge in [-0.05, 0) is 48.3 Å². The van der Waals surface area contributed by atoms with Crippen molar-refractivity contribution in [3.05, 3.63) is 0 Å². The van der Waals surface area contributed by atoms with Gasteiger partial charge in [0.15, 0.2) is 0 Å². The maximum atomic E-state index is 11.9. The largest absolute Gasteiger partial charge is 0.299 e. The van der Waals surface area contributed by atoms with Gasteiger partial charge in [-0.2, -0.15) is 0 Å². The van der Waals surface area contributed by atoms with Crippen LogP contribution in [0, 0.1) is 47.3 Å². The lowest BCUT2D eigenvalue weighted by atomic mass is 9.71. The Morgan fingerprint density at radius 3 is 1.83 bits per heavy atom. The average Bonchev–Trinajstić information content (AvgIpc) is 2.68. The van der Waals surface area contributed by atoms with Crippen LogP contribution < -0.4 is 0 Å². The normalized spacial score (nSPS) is 79.2. The summed E-state index contributed by atoms with van der Waals surface area (Å²) in [6.07, 6.45) is 2.90. The lowest BCUT2D eigenvalue weighted by Crippen LogP contribution is -2.30. The summed E-state index contributed by atoms with van der Waals surface area (Å²) in [5.41, 5.74) is 0. The molecule has 12 heavy (non-hydrogen) atoms. The topological polar surface area (TPSA) is 17.1 Å². The van der Waals surface area contributed by atoms with E-state index in [9.17, 15) is 4.79 Å². The highest BCUT2D eigenvalue weighted by Gasteiger charge is 2.80. The van der Waals surface area contributed by atoms with Crippen molar-refractivity contribution < 1.29 is 4.79 Å². The molecule has 0 amide bonds. The van der Waals surface area contributed by atoms with E-state index in [1.807, 2.05) is 0 Å². The Hall–Kier alpha value is -0.330. The van der Waals surface area contributed by atoms with E-state index in [1.54, 1.807) is 0 Å². The van der Waals surface area contributed by atoms with Crippen LogP contribution in [0.5, 0.6) is 0 Å². The average molecular weight is 160 g/mol. The molecule has 0 saturated heterocycles. The molecule has 0 N–H and O–H groups in total. The number of carbonyl (C=O) groups excluding carboxylic acids is 1. The molecular formula is C11H12O. The molecular weight excluding hydrogens is 148 g/mol. The van der Waals surface area contributed by atoms with Crippen molar-refractivity contribution in [3.8, 4) is 0 Å². The smallest absolute Gasteiger partial charge is 0.140 e. The van der Waals surface area contributed by atoms with Crippen molar-refractivity contribution in [2.24, 2.45) is 47.3 Å². The van der Waals surface area contributed by atoms with Gasteiger partial charge >= 0.3 is 0 Å². The zero-order chi connectivity index (χ0) is 7.61. The van der Waals surface area contributed by atoms with Crippen molar-refractivity contribution >= 4 is 5.78 Å². The van der Waals surface area contributed by atoms with E-state index < -0.39 is 0 Å². The van der Waals surface area contributed by atoms with Gasteiger partial charge in [0.2, 0.25) is 0 Å². The van der Waals surface area contributed by atoms with Crippen LogP contribution in [0.1, 0.15) is 12.8 Å². The van der Waals surface area contributed by atoms with E-state index in [1.165, 1.54) is 12.8 Å². The zero-order valence-corrected chi connectivity index (χ0v) is 6.94. The number of hydrogen-bond donors (Lipinski definition) is 0. The van der Waals surface area contributed by atoms with Crippen molar-refractivity contribution in [1.29, 1.82) is 0 Å². The fourth-order valence-corrected chi connectivity index (χ4v) is 6.24. The molecule has 0 aromatic rings. The Morgan fingerprint density at radius 2 is 1.33 bits per heavy atom. The van der Waals surface area contributed by atoms with Crippen molar-refractivity contribution in [3.63, 3.8) is 0 Å². The standard InChI is InChI=1S/C11H12O/c12-11-9-5-1-3-4-2-6(7(3)9)10(11)8(4)5/h3-10H,1-2H2/t3-,4+,5-,6+,7-,8-,9-,10+/m1/s1. The molecule has 0 heterocycles. The first kappa shape index (κ1) is 5.41. The molecule has 0 aliphatic heterocycles. The Balaban J connectivity index is 1.94. The van der Waals surface area contributed by atoms with Gasteiger partial charge in [0.1, 0.15) is 5.78 Å². The van der Waals surface area contributed by atoms with Crippen LogP contribution in [0.25, 0.3) is 0 Å². The fraction of sp³-hybridized carbons (Fsp3) is 0.909. The maximum absolute atomic E-state index is 11.9. The third-order valence-electron chi connectivity index (χ3n) is 6.03. The van der Waals surface area contributed by atoms with Crippen LogP contribution in [0.4, 0.5) is 0 Å². The molecule has 6 saturated carbocycles. The van der Waals surface area contributed by atoms with Gasteiger partial charge in [0, 0.05) is 11.8 Å². The minimum absolute atomic E-state index is 0.591. The summed E-state index contributed by atoms with van der Waals surface area (Å²) in [4.78, 5) is 11.9. The first-order valence-corrected chi connectivity index (χ1v) is 5.41. The van der Waals surface area contributed by atoms with Crippen LogP contribution in [-0.2, 0) is 4.79 Å². The number of ketones is 1. The number of Topliss-reactive ketones (excluding diaryl/α,β-unsaturated/α-hetero) is 1. The highest BCUT2D eigenvalue weighted by atomic mass is 16.1. The molecule has 6 aliphatic rings. The van der Waals surface area contributed by atoms with Crippen LogP contribution in [-0.4, -0.2) is 5.78 Å².